The molecule has 0 N–H and O–H groups in total. The standard InChI is InChI=1S/C19H23OS/c1-3-15-21(4-2)19(17-13-9-6-10-14-17)18(20)16-11-7-5-8-12-16/h5-14,19H,3-4,15H2,1-2H3/q+1. The highest BCUT2D eigenvalue weighted by atomic mass is 32.2. The van der Waals surface area contributed by atoms with E-state index in [1.807, 2.05) is 48.5 Å². The van der Waals surface area contributed by atoms with Gasteiger partial charge in [-0.3, -0.25) is 4.79 Å². The molecule has 2 unspecified atom stereocenters. The Morgan fingerprint density at radius 3 is 2.05 bits per heavy atom. The first-order valence-electron chi connectivity index (χ1n) is 7.58. The van der Waals surface area contributed by atoms with Crippen molar-refractivity contribution in [1.82, 2.24) is 0 Å². The van der Waals surface area contributed by atoms with E-state index < -0.39 is 0 Å². The van der Waals surface area contributed by atoms with Gasteiger partial charge in [-0.2, -0.15) is 0 Å². The van der Waals surface area contributed by atoms with Gasteiger partial charge in [-0.1, -0.05) is 67.6 Å². The quantitative estimate of drug-likeness (QED) is 0.537. The molecule has 0 aromatic heterocycles. The van der Waals surface area contributed by atoms with Crippen LogP contribution in [0.15, 0.2) is 60.7 Å². The molecule has 2 rings (SSSR count). The summed E-state index contributed by atoms with van der Waals surface area (Å²) in [7, 11) is 0.0997. The van der Waals surface area contributed by atoms with Crippen LogP contribution < -0.4 is 0 Å². The highest BCUT2D eigenvalue weighted by Gasteiger charge is 2.36. The Bertz CT molecular complexity index is 550. The maximum Gasteiger partial charge on any atom is 0.219 e. The lowest BCUT2D eigenvalue weighted by atomic mass is 10.0. The highest BCUT2D eigenvalue weighted by Crippen LogP contribution is 2.29. The number of rotatable bonds is 7. The van der Waals surface area contributed by atoms with Gasteiger partial charge in [-0.25, -0.2) is 0 Å². The molecule has 0 bridgehead atoms. The average molecular weight is 299 g/mol. The molecule has 2 aromatic carbocycles. The van der Waals surface area contributed by atoms with E-state index in [1.165, 1.54) is 0 Å². The van der Waals surface area contributed by atoms with Crippen LogP contribution in [0.2, 0.25) is 0 Å². The fraction of sp³-hybridized carbons (Fsp3) is 0.316. The van der Waals surface area contributed by atoms with E-state index in [2.05, 4.69) is 26.0 Å². The third kappa shape index (κ3) is 3.98. The smallest absolute Gasteiger partial charge is 0.219 e. The molecule has 21 heavy (non-hydrogen) atoms. The van der Waals surface area contributed by atoms with Crippen molar-refractivity contribution in [2.24, 2.45) is 0 Å². The molecule has 0 aliphatic rings. The normalized spacial score (nSPS) is 13.6. The maximum atomic E-state index is 13.0. The van der Waals surface area contributed by atoms with Gasteiger partial charge in [0.05, 0.1) is 0 Å². The number of hydrogen-bond acceptors (Lipinski definition) is 1. The van der Waals surface area contributed by atoms with Crippen molar-refractivity contribution in [3.05, 3.63) is 71.8 Å². The summed E-state index contributed by atoms with van der Waals surface area (Å²) in [6, 6.07) is 20.0. The molecule has 110 valence electrons. The second-order valence-corrected chi connectivity index (χ2v) is 7.58. The summed E-state index contributed by atoms with van der Waals surface area (Å²) in [6.07, 6.45) is 1.13. The predicted molar refractivity (Wildman–Crippen MR) is 93.0 cm³/mol. The van der Waals surface area contributed by atoms with Crippen LogP contribution in [0.3, 0.4) is 0 Å². The van der Waals surface area contributed by atoms with E-state index >= 15 is 0 Å². The van der Waals surface area contributed by atoms with Crippen LogP contribution in [0.4, 0.5) is 0 Å². The molecule has 2 atom stereocenters. The van der Waals surface area contributed by atoms with Gasteiger partial charge in [0.1, 0.15) is 11.5 Å². The van der Waals surface area contributed by atoms with Crippen molar-refractivity contribution >= 4 is 16.7 Å². The van der Waals surface area contributed by atoms with Crippen molar-refractivity contribution in [2.45, 2.75) is 25.5 Å². The van der Waals surface area contributed by atoms with Crippen LogP contribution in [0, 0.1) is 0 Å². The number of carbonyl (C=O) groups excluding carboxylic acids is 1. The molecule has 0 radical (unpaired) electrons. The molecule has 2 aromatic rings. The first kappa shape index (κ1) is 15.8. The maximum absolute atomic E-state index is 13.0. The second-order valence-electron chi connectivity index (χ2n) is 5.05. The molecule has 0 spiro atoms. The zero-order chi connectivity index (χ0) is 15.1. The number of carbonyl (C=O) groups is 1. The average Bonchev–Trinajstić information content (AvgIpc) is 2.56. The lowest BCUT2D eigenvalue weighted by Crippen LogP contribution is -2.26. The lowest BCUT2D eigenvalue weighted by Gasteiger charge is -2.18. The summed E-state index contributed by atoms with van der Waals surface area (Å²) in [5, 5.41) is -0.00134. The van der Waals surface area contributed by atoms with E-state index in [-0.39, 0.29) is 21.9 Å². The van der Waals surface area contributed by atoms with Crippen LogP contribution >= 0.6 is 0 Å². The third-order valence-corrected chi connectivity index (χ3v) is 6.40. The molecule has 0 fully saturated rings. The van der Waals surface area contributed by atoms with Crippen LogP contribution in [0.25, 0.3) is 0 Å². The molecular weight excluding hydrogens is 276 g/mol. The highest BCUT2D eigenvalue weighted by molar-refractivity contribution is 7.97. The summed E-state index contributed by atoms with van der Waals surface area (Å²) < 4.78 is 0. The number of Topliss-reactive ketones (excluding diaryl/α,β-unsaturated/α-hetero) is 1. The molecule has 0 aliphatic heterocycles. The second kappa shape index (κ2) is 8.04. The molecule has 0 saturated carbocycles. The lowest BCUT2D eigenvalue weighted by molar-refractivity contribution is 0.0988. The van der Waals surface area contributed by atoms with Gasteiger partial charge >= 0.3 is 0 Å². The Morgan fingerprint density at radius 1 is 0.952 bits per heavy atom. The van der Waals surface area contributed by atoms with E-state index in [1.54, 1.807) is 0 Å². The largest absolute Gasteiger partial charge is 0.288 e. The van der Waals surface area contributed by atoms with Crippen molar-refractivity contribution in [1.29, 1.82) is 0 Å². The van der Waals surface area contributed by atoms with Crippen LogP contribution in [0.5, 0.6) is 0 Å². The summed E-state index contributed by atoms with van der Waals surface area (Å²) in [5.74, 6) is 2.45. The topological polar surface area (TPSA) is 17.1 Å². The Hall–Kier alpha value is -1.54. The van der Waals surface area contributed by atoms with Crippen LogP contribution in [-0.4, -0.2) is 17.3 Å². The molecule has 0 aliphatic carbocycles. The van der Waals surface area contributed by atoms with Gasteiger partial charge in [0.25, 0.3) is 0 Å². The van der Waals surface area contributed by atoms with Gasteiger partial charge in [0.15, 0.2) is 0 Å². The van der Waals surface area contributed by atoms with E-state index in [0.717, 1.165) is 29.1 Å². The van der Waals surface area contributed by atoms with Crippen LogP contribution in [0.1, 0.15) is 41.4 Å². The number of benzene rings is 2. The Labute approximate surface area is 130 Å². The van der Waals surface area contributed by atoms with E-state index in [9.17, 15) is 4.79 Å². The molecule has 0 amide bonds. The van der Waals surface area contributed by atoms with Gasteiger partial charge in [-0.05, 0) is 13.3 Å². The fourth-order valence-corrected chi connectivity index (χ4v) is 4.93. The Morgan fingerprint density at radius 2 is 1.52 bits per heavy atom. The van der Waals surface area contributed by atoms with E-state index in [4.69, 9.17) is 0 Å². The zero-order valence-electron chi connectivity index (χ0n) is 12.8. The first-order chi connectivity index (χ1) is 10.3. The van der Waals surface area contributed by atoms with E-state index in [0.29, 0.717) is 0 Å². The first-order valence-corrected chi connectivity index (χ1v) is 9.21. The molecule has 0 saturated heterocycles. The fourth-order valence-electron chi connectivity index (χ4n) is 2.57. The number of hydrogen-bond donors (Lipinski definition) is 0. The molecular formula is C19H23OS+. The summed E-state index contributed by atoms with van der Waals surface area (Å²) in [4.78, 5) is 13.0. The van der Waals surface area contributed by atoms with Crippen molar-refractivity contribution in [2.75, 3.05) is 11.5 Å². The minimum atomic E-state index is -0.00134. The number of ketones is 1. The monoisotopic (exact) mass is 299 g/mol. The summed E-state index contributed by atoms with van der Waals surface area (Å²) in [5.41, 5.74) is 1.98. The van der Waals surface area contributed by atoms with Crippen molar-refractivity contribution < 1.29 is 4.79 Å². The molecule has 0 heterocycles. The van der Waals surface area contributed by atoms with Crippen molar-refractivity contribution in [3.8, 4) is 0 Å². The molecule has 2 heteroatoms. The Kier molecular flexibility index (Phi) is 6.06. The predicted octanol–water partition coefficient (Wildman–Crippen LogP) is 4.66. The minimum Gasteiger partial charge on any atom is -0.288 e. The summed E-state index contributed by atoms with van der Waals surface area (Å²) >= 11 is 0. The Balaban J connectivity index is 2.38. The van der Waals surface area contributed by atoms with Gasteiger partial charge in [0, 0.05) is 22.0 Å². The zero-order valence-corrected chi connectivity index (χ0v) is 13.6. The minimum absolute atomic E-state index is 0.00134. The third-order valence-electron chi connectivity index (χ3n) is 3.57. The van der Waals surface area contributed by atoms with Crippen LogP contribution in [-0.2, 0) is 10.9 Å². The van der Waals surface area contributed by atoms with Gasteiger partial charge < -0.3 is 0 Å². The van der Waals surface area contributed by atoms with Gasteiger partial charge in [0.2, 0.25) is 11.0 Å². The summed E-state index contributed by atoms with van der Waals surface area (Å²) in [6.45, 7) is 4.40. The van der Waals surface area contributed by atoms with Crippen molar-refractivity contribution in [3.63, 3.8) is 0 Å². The molecule has 1 nitrogen and oxygen atoms in total. The SMILES string of the molecule is CCC[S+](CC)C(C(=O)c1ccccc1)c1ccccc1. The van der Waals surface area contributed by atoms with Gasteiger partial charge in [-0.15, -0.1) is 0 Å².